The van der Waals surface area contributed by atoms with Crippen LogP contribution in [0.15, 0.2) is 12.7 Å². The molecule has 0 amide bonds. The summed E-state index contributed by atoms with van der Waals surface area (Å²) in [7, 11) is -4.90. The number of rotatable bonds is 4. The average molecular weight is 502 g/mol. The molecule has 4 atom stereocenters. The monoisotopic (exact) mass is 502 g/mol. The summed E-state index contributed by atoms with van der Waals surface area (Å²) < 4.78 is 22.8. The standard InChI is InChI=1S/C10H13N4O7PS.Ba/c15-1-4-6(16)7(21-22(17,18)19)10(20-4)14-3-13-5-8(14)11-2-12-9(5)23;/h2-4,6-7,10,15-16H,1H2,(H,11,12,23)(H2,17,18,19);/q;+2. The smallest absolute Gasteiger partial charge is 0.394 e. The van der Waals surface area contributed by atoms with Gasteiger partial charge in [0.15, 0.2) is 10.9 Å². The quantitative estimate of drug-likeness (QED) is 0.196. The number of imidazole rings is 1. The van der Waals surface area contributed by atoms with Gasteiger partial charge in [-0.3, -0.25) is 9.09 Å². The molecular weight excluding hydrogens is 488 g/mol. The normalized spacial score (nSPS) is 27.3. The van der Waals surface area contributed by atoms with Crippen LogP contribution in [0.2, 0.25) is 0 Å². The molecule has 24 heavy (non-hydrogen) atoms. The Hall–Kier alpha value is 0.331. The van der Waals surface area contributed by atoms with Crippen molar-refractivity contribution >= 4 is 80.1 Å². The number of aromatic amines is 1. The van der Waals surface area contributed by atoms with Crippen LogP contribution in [0.4, 0.5) is 0 Å². The molecule has 4 unspecified atom stereocenters. The maximum atomic E-state index is 11.1. The third-order valence-electron chi connectivity index (χ3n) is 3.41. The van der Waals surface area contributed by atoms with E-state index >= 15 is 0 Å². The Morgan fingerprint density at radius 1 is 1.46 bits per heavy atom. The zero-order valence-corrected chi connectivity index (χ0v) is 18.2. The Kier molecular flexibility index (Phi) is 6.81. The molecular formula is C10H13BaN4O7PS+2. The van der Waals surface area contributed by atoms with Crippen molar-refractivity contribution < 1.29 is 33.8 Å². The van der Waals surface area contributed by atoms with Crippen molar-refractivity contribution in [2.75, 3.05) is 6.61 Å². The molecule has 5 N–H and O–H groups in total. The molecule has 0 aliphatic carbocycles. The number of aromatic nitrogens is 4. The van der Waals surface area contributed by atoms with Crippen LogP contribution >= 0.6 is 20.0 Å². The molecule has 0 aromatic carbocycles. The van der Waals surface area contributed by atoms with Crippen LogP contribution in [0, 0.1) is 4.64 Å². The summed E-state index contributed by atoms with van der Waals surface area (Å²) in [5.74, 6) is 0. The second-order valence-electron chi connectivity index (χ2n) is 4.86. The molecule has 1 aliphatic heterocycles. The largest absolute Gasteiger partial charge is 2.00 e. The van der Waals surface area contributed by atoms with Crippen molar-refractivity contribution in [2.45, 2.75) is 24.5 Å². The Balaban J connectivity index is 0.00000208. The first-order valence-electron chi connectivity index (χ1n) is 6.40. The third kappa shape index (κ3) is 4.01. The van der Waals surface area contributed by atoms with E-state index in [-0.39, 0.29) is 53.5 Å². The zero-order chi connectivity index (χ0) is 16.8. The molecule has 3 rings (SSSR count). The van der Waals surface area contributed by atoms with Crippen LogP contribution in [0.25, 0.3) is 11.2 Å². The molecule has 1 fully saturated rings. The average Bonchev–Trinajstić information content (AvgIpc) is 3.01. The van der Waals surface area contributed by atoms with Gasteiger partial charge in [-0.2, -0.15) is 0 Å². The Morgan fingerprint density at radius 3 is 2.79 bits per heavy atom. The topological polar surface area (TPSA) is 163 Å². The minimum atomic E-state index is -4.90. The van der Waals surface area contributed by atoms with Gasteiger partial charge < -0.3 is 29.7 Å². The van der Waals surface area contributed by atoms with Gasteiger partial charge in [0.2, 0.25) is 0 Å². The minimum Gasteiger partial charge on any atom is -0.394 e. The predicted molar refractivity (Wildman–Crippen MR) is 82.4 cm³/mol. The summed E-state index contributed by atoms with van der Waals surface area (Å²) in [4.78, 5) is 28.8. The second-order valence-corrected chi connectivity index (χ2v) is 6.43. The van der Waals surface area contributed by atoms with Crippen LogP contribution in [0.1, 0.15) is 6.23 Å². The summed E-state index contributed by atoms with van der Waals surface area (Å²) in [5.41, 5.74) is 0.725. The molecule has 0 radical (unpaired) electrons. The van der Waals surface area contributed by atoms with Crippen LogP contribution < -0.4 is 0 Å². The molecule has 1 saturated heterocycles. The Labute approximate surface area is 180 Å². The van der Waals surface area contributed by atoms with Gasteiger partial charge >= 0.3 is 56.7 Å². The number of aliphatic hydroxyl groups is 2. The fraction of sp³-hybridized carbons (Fsp3) is 0.500. The predicted octanol–water partition coefficient (Wildman–Crippen LogP) is -1.16. The Morgan fingerprint density at radius 2 is 2.17 bits per heavy atom. The number of fused-ring (bicyclic) bond motifs is 1. The van der Waals surface area contributed by atoms with E-state index in [0.717, 1.165) is 0 Å². The fourth-order valence-corrected chi connectivity index (χ4v) is 3.18. The van der Waals surface area contributed by atoms with Gasteiger partial charge in [-0.1, -0.05) is 12.2 Å². The van der Waals surface area contributed by atoms with E-state index in [9.17, 15) is 14.8 Å². The van der Waals surface area contributed by atoms with Crippen LogP contribution in [0.3, 0.4) is 0 Å². The van der Waals surface area contributed by atoms with Gasteiger partial charge in [-0.05, 0) is 0 Å². The fourth-order valence-electron chi connectivity index (χ4n) is 2.43. The molecule has 0 bridgehead atoms. The zero-order valence-electron chi connectivity index (χ0n) is 12.1. The second kappa shape index (κ2) is 7.92. The summed E-state index contributed by atoms with van der Waals surface area (Å²) in [5, 5.41) is 19.3. The molecule has 2 aromatic heterocycles. The number of nitrogens with zero attached hydrogens (tertiary/aromatic N) is 3. The van der Waals surface area contributed by atoms with Gasteiger partial charge in [-0.25, -0.2) is 14.5 Å². The van der Waals surface area contributed by atoms with Crippen molar-refractivity contribution in [3.05, 3.63) is 17.3 Å². The number of phosphoric acid groups is 1. The molecule has 3 heterocycles. The first-order valence-corrected chi connectivity index (χ1v) is 8.34. The van der Waals surface area contributed by atoms with Gasteiger partial charge in [0.1, 0.15) is 29.5 Å². The van der Waals surface area contributed by atoms with E-state index in [1.165, 1.54) is 17.2 Å². The van der Waals surface area contributed by atoms with Crippen molar-refractivity contribution in [1.82, 2.24) is 19.5 Å². The summed E-state index contributed by atoms with van der Waals surface area (Å²) >= 11 is 5.04. The summed E-state index contributed by atoms with van der Waals surface area (Å²) in [6.45, 7) is -0.553. The van der Waals surface area contributed by atoms with Crippen LogP contribution in [-0.2, 0) is 13.8 Å². The van der Waals surface area contributed by atoms with E-state index in [4.69, 9.17) is 26.7 Å². The molecule has 14 heteroatoms. The van der Waals surface area contributed by atoms with Gasteiger partial charge in [0, 0.05) is 0 Å². The molecule has 1 aliphatic rings. The first kappa shape index (κ1) is 20.6. The van der Waals surface area contributed by atoms with Crippen molar-refractivity contribution in [2.24, 2.45) is 0 Å². The summed E-state index contributed by atoms with van der Waals surface area (Å²) in [6, 6.07) is 0. The maximum Gasteiger partial charge on any atom is 2.00 e. The maximum absolute atomic E-state index is 11.1. The molecule has 11 nitrogen and oxygen atoms in total. The third-order valence-corrected chi connectivity index (χ3v) is 4.22. The van der Waals surface area contributed by atoms with Gasteiger partial charge in [0.25, 0.3) is 0 Å². The van der Waals surface area contributed by atoms with Crippen LogP contribution in [-0.4, -0.2) is 113 Å². The Bertz CT molecular complexity index is 825. The van der Waals surface area contributed by atoms with E-state index in [1.807, 2.05) is 0 Å². The number of phosphoric ester groups is 1. The van der Waals surface area contributed by atoms with Crippen LogP contribution in [0.5, 0.6) is 0 Å². The SMILES string of the molecule is O=P(O)(O)OC1C(O)C(CO)OC1n1cnc2c(=S)nc[nH]c21.[Ba+2]. The number of H-pyrrole nitrogens is 1. The molecule has 0 spiro atoms. The van der Waals surface area contributed by atoms with Crippen molar-refractivity contribution in [3.63, 3.8) is 0 Å². The molecule has 126 valence electrons. The number of aliphatic hydroxyl groups excluding tert-OH is 2. The van der Waals surface area contributed by atoms with Gasteiger partial charge in [-0.15, -0.1) is 0 Å². The summed E-state index contributed by atoms with van der Waals surface area (Å²) in [6.07, 6.45) is -2.42. The number of hydrogen-bond acceptors (Lipinski definition) is 8. The van der Waals surface area contributed by atoms with Crippen molar-refractivity contribution in [1.29, 1.82) is 0 Å². The van der Waals surface area contributed by atoms with E-state index in [1.54, 1.807) is 0 Å². The first-order chi connectivity index (χ1) is 10.8. The number of nitrogens with one attached hydrogen (secondary N) is 1. The van der Waals surface area contributed by atoms with E-state index in [0.29, 0.717) is 11.2 Å². The van der Waals surface area contributed by atoms with Gasteiger partial charge in [0.05, 0.1) is 19.3 Å². The molecule has 2 aromatic rings. The number of ether oxygens (including phenoxy) is 1. The van der Waals surface area contributed by atoms with E-state index < -0.39 is 39.0 Å². The molecule has 0 saturated carbocycles. The van der Waals surface area contributed by atoms with E-state index in [2.05, 4.69) is 19.5 Å². The number of hydrogen-bond donors (Lipinski definition) is 5. The van der Waals surface area contributed by atoms with Crippen molar-refractivity contribution in [3.8, 4) is 0 Å². The minimum absolute atomic E-state index is 0.